The van der Waals surface area contributed by atoms with Crippen LogP contribution in [0.2, 0.25) is 0 Å². The van der Waals surface area contributed by atoms with Gasteiger partial charge in [-0.3, -0.25) is 4.90 Å². The molecule has 1 N–H and O–H groups in total. The van der Waals surface area contributed by atoms with Crippen molar-refractivity contribution in [3.8, 4) is 0 Å². The van der Waals surface area contributed by atoms with Crippen LogP contribution >= 0.6 is 0 Å². The smallest absolute Gasteiger partial charge is 0.136 e. The molecule has 1 aliphatic heterocycles. The third-order valence-corrected chi connectivity index (χ3v) is 3.95. The van der Waals surface area contributed by atoms with E-state index in [1.54, 1.807) is 0 Å². The molecule has 0 spiro atoms. The van der Waals surface area contributed by atoms with Gasteiger partial charge in [-0.2, -0.15) is 0 Å². The molecule has 0 aromatic rings. The Morgan fingerprint density at radius 2 is 1.63 bits per heavy atom. The summed E-state index contributed by atoms with van der Waals surface area (Å²) in [5.74, 6) is 0. The SMILES string of the molecule is CCCCCCCCOC(C(C)O)N1CCCCC1. The van der Waals surface area contributed by atoms with Crippen LogP contribution < -0.4 is 0 Å². The predicted octanol–water partition coefficient (Wildman–Crippen LogP) is 3.56. The van der Waals surface area contributed by atoms with E-state index in [2.05, 4.69) is 11.8 Å². The van der Waals surface area contributed by atoms with E-state index < -0.39 is 6.10 Å². The number of rotatable bonds is 10. The molecule has 0 saturated carbocycles. The maximum absolute atomic E-state index is 9.87. The minimum Gasteiger partial charge on any atom is -0.389 e. The van der Waals surface area contributed by atoms with Gasteiger partial charge in [0.15, 0.2) is 0 Å². The fraction of sp³-hybridized carbons (Fsp3) is 1.00. The molecule has 0 aromatic carbocycles. The second-order valence-corrected chi connectivity index (χ2v) is 5.87. The Morgan fingerprint density at radius 3 is 2.26 bits per heavy atom. The van der Waals surface area contributed by atoms with Gasteiger partial charge in [-0.05, 0) is 26.2 Å². The first-order valence-corrected chi connectivity index (χ1v) is 8.29. The summed E-state index contributed by atoms with van der Waals surface area (Å²) >= 11 is 0. The normalized spacial score (nSPS) is 20.4. The van der Waals surface area contributed by atoms with Gasteiger partial charge < -0.3 is 9.84 Å². The Balaban J connectivity index is 2.11. The molecule has 0 amide bonds. The van der Waals surface area contributed by atoms with Crippen molar-refractivity contribution in [3.63, 3.8) is 0 Å². The lowest BCUT2D eigenvalue weighted by Crippen LogP contribution is -2.47. The highest BCUT2D eigenvalue weighted by atomic mass is 16.5. The molecule has 2 atom stereocenters. The van der Waals surface area contributed by atoms with Crippen LogP contribution in [0.1, 0.15) is 71.6 Å². The molecular formula is C16H33NO2. The molecule has 1 aliphatic rings. The summed E-state index contributed by atoms with van der Waals surface area (Å²) in [4.78, 5) is 2.31. The van der Waals surface area contributed by atoms with Gasteiger partial charge in [0, 0.05) is 19.7 Å². The topological polar surface area (TPSA) is 32.7 Å². The second kappa shape index (κ2) is 10.6. The number of hydrogen-bond acceptors (Lipinski definition) is 3. The van der Waals surface area contributed by atoms with Crippen molar-refractivity contribution in [1.82, 2.24) is 4.90 Å². The Morgan fingerprint density at radius 1 is 1.00 bits per heavy atom. The third kappa shape index (κ3) is 7.28. The predicted molar refractivity (Wildman–Crippen MR) is 80.2 cm³/mol. The molecule has 19 heavy (non-hydrogen) atoms. The van der Waals surface area contributed by atoms with E-state index in [9.17, 15) is 5.11 Å². The van der Waals surface area contributed by atoms with Crippen molar-refractivity contribution in [2.24, 2.45) is 0 Å². The lowest BCUT2D eigenvalue weighted by molar-refractivity contribution is -0.125. The van der Waals surface area contributed by atoms with Crippen molar-refractivity contribution in [1.29, 1.82) is 0 Å². The zero-order valence-corrected chi connectivity index (χ0v) is 12.9. The van der Waals surface area contributed by atoms with E-state index in [4.69, 9.17) is 4.74 Å². The number of nitrogens with zero attached hydrogens (tertiary/aromatic N) is 1. The molecule has 2 unspecified atom stereocenters. The lowest BCUT2D eigenvalue weighted by atomic mass is 10.1. The molecule has 0 radical (unpaired) electrons. The van der Waals surface area contributed by atoms with Gasteiger partial charge in [0.1, 0.15) is 6.23 Å². The summed E-state index contributed by atoms with van der Waals surface area (Å²) in [6.07, 6.45) is 11.0. The highest BCUT2D eigenvalue weighted by molar-refractivity contribution is 4.72. The highest BCUT2D eigenvalue weighted by Crippen LogP contribution is 2.16. The molecular weight excluding hydrogens is 238 g/mol. The summed E-state index contributed by atoms with van der Waals surface area (Å²) in [6.45, 7) is 7.03. The number of aliphatic hydroxyl groups is 1. The van der Waals surface area contributed by atoms with Crippen LogP contribution in [0.4, 0.5) is 0 Å². The van der Waals surface area contributed by atoms with Crippen molar-refractivity contribution >= 4 is 0 Å². The average Bonchev–Trinajstić information content (AvgIpc) is 2.42. The van der Waals surface area contributed by atoms with Gasteiger partial charge in [-0.15, -0.1) is 0 Å². The van der Waals surface area contributed by atoms with Gasteiger partial charge >= 0.3 is 0 Å². The third-order valence-electron chi connectivity index (χ3n) is 3.95. The largest absolute Gasteiger partial charge is 0.389 e. The van der Waals surface area contributed by atoms with Gasteiger partial charge in [-0.1, -0.05) is 45.4 Å². The zero-order chi connectivity index (χ0) is 13.9. The molecule has 3 nitrogen and oxygen atoms in total. The molecule has 1 fully saturated rings. The highest BCUT2D eigenvalue weighted by Gasteiger charge is 2.24. The maximum atomic E-state index is 9.87. The number of hydrogen-bond donors (Lipinski definition) is 1. The van der Waals surface area contributed by atoms with E-state index in [0.29, 0.717) is 0 Å². The first kappa shape index (κ1) is 16.9. The summed E-state index contributed by atoms with van der Waals surface area (Å²) in [5, 5.41) is 9.87. The number of likely N-dealkylation sites (tertiary alicyclic amines) is 1. The first-order valence-electron chi connectivity index (χ1n) is 8.29. The number of aliphatic hydroxyl groups excluding tert-OH is 1. The summed E-state index contributed by atoms with van der Waals surface area (Å²) in [5.41, 5.74) is 0. The molecule has 1 heterocycles. The van der Waals surface area contributed by atoms with Crippen LogP contribution in [0.15, 0.2) is 0 Å². The molecule has 1 rings (SSSR count). The van der Waals surface area contributed by atoms with Crippen LogP contribution in [-0.4, -0.2) is 42.0 Å². The van der Waals surface area contributed by atoms with E-state index in [-0.39, 0.29) is 6.23 Å². The Labute approximate surface area is 119 Å². The van der Waals surface area contributed by atoms with Gasteiger partial charge in [0.2, 0.25) is 0 Å². The van der Waals surface area contributed by atoms with Crippen molar-refractivity contribution < 1.29 is 9.84 Å². The Bertz CT molecular complexity index is 203. The number of piperidine rings is 1. The molecule has 0 bridgehead atoms. The van der Waals surface area contributed by atoms with E-state index in [1.165, 1.54) is 51.4 Å². The minimum absolute atomic E-state index is 0.0871. The first-order chi connectivity index (χ1) is 9.25. The van der Waals surface area contributed by atoms with E-state index in [0.717, 1.165) is 26.1 Å². The standard InChI is InChI=1S/C16H33NO2/c1-3-4-5-6-7-11-14-19-16(15(2)18)17-12-9-8-10-13-17/h15-16,18H,3-14H2,1-2H3. The minimum atomic E-state index is -0.391. The molecule has 114 valence electrons. The van der Waals surface area contributed by atoms with E-state index >= 15 is 0 Å². The van der Waals surface area contributed by atoms with Crippen LogP contribution in [0.3, 0.4) is 0 Å². The van der Waals surface area contributed by atoms with Crippen molar-refractivity contribution in [2.45, 2.75) is 84.0 Å². The van der Waals surface area contributed by atoms with Crippen molar-refractivity contribution in [2.75, 3.05) is 19.7 Å². The fourth-order valence-electron chi connectivity index (χ4n) is 2.81. The number of ether oxygens (including phenoxy) is 1. The zero-order valence-electron chi connectivity index (χ0n) is 12.9. The summed E-state index contributed by atoms with van der Waals surface area (Å²) in [6, 6.07) is 0. The maximum Gasteiger partial charge on any atom is 0.136 e. The molecule has 0 aliphatic carbocycles. The van der Waals surface area contributed by atoms with Gasteiger partial charge in [0.25, 0.3) is 0 Å². The van der Waals surface area contributed by atoms with Crippen LogP contribution in [0, 0.1) is 0 Å². The van der Waals surface area contributed by atoms with Crippen LogP contribution in [-0.2, 0) is 4.74 Å². The monoisotopic (exact) mass is 271 g/mol. The molecule has 1 saturated heterocycles. The van der Waals surface area contributed by atoms with Crippen LogP contribution in [0.5, 0.6) is 0 Å². The summed E-state index contributed by atoms with van der Waals surface area (Å²) in [7, 11) is 0. The number of unbranched alkanes of at least 4 members (excludes halogenated alkanes) is 5. The fourth-order valence-corrected chi connectivity index (χ4v) is 2.81. The Kier molecular flexibility index (Phi) is 9.48. The Hall–Kier alpha value is -0.120. The van der Waals surface area contributed by atoms with Crippen LogP contribution in [0.25, 0.3) is 0 Å². The summed E-state index contributed by atoms with van der Waals surface area (Å²) < 4.78 is 5.93. The lowest BCUT2D eigenvalue weighted by Gasteiger charge is -2.35. The van der Waals surface area contributed by atoms with Gasteiger partial charge in [0.05, 0.1) is 6.10 Å². The molecule has 0 aromatic heterocycles. The second-order valence-electron chi connectivity index (χ2n) is 5.87. The van der Waals surface area contributed by atoms with Crippen molar-refractivity contribution in [3.05, 3.63) is 0 Å². The van der Waals surface area contributed by atoms with Gasteiger partial charge in [-0.25, -0.2) is 0 Å². The average molecular weight is 271 g/mol. The quantitative estimate of drug-likeness (QED) is 0.617. The van der Waals surface area contributed by atoms with E-state index in [1.807, 2.05) is 6.92 Å². The molecule has 3 heteroatoms.